The number of aromatic amines is 1. The Morgan fingerprint density at radius 3 is 2.57 bits per heavy atom. The molecule has 0 aliphatic carbocycles. The van der Waals surface area contributed by atoms with Gasteiger partial charge in [0.25, 0.3) is 5.82 Å². The van der Waals surface area contributed by atoms with Gasteiger partial charge in [-0.05, 0) is 31.2 Å². The molecule has 6 heteroatoms. The van der Waals surface area contributed by atoms with Gasteiger partial charge >= 0.3 is 0 Å². The number of pyridine rings is 1. The summed E-state index contributed by atoms with van der Waals surface area (Å²) in [6.45, 7) is 2.03. The van der Waals surface area contributed by atoms with Crippen molar-refractivity contribution in [2.45, 2.75) is 6.92 Å². The van der Waals surface area contributed by atoms with E-state index in [1.807, 2.05) is 61.5 Å². The third-order valence-electron chi connectivity index (χ3n) is 3.39. The summed E-state index contributed by atoms with van der Waals surface area (Å²) in [7, 11) is 0. The summed E-state index contributed by atoms with van der Waals surface area (Å²) in [6.07, 6.45) is 0. The van der Waals surface area contributed by atoms with Crippen LogP contribution in [0.3, 0.4) is 0 Å². The third-order valence-corrected chi connectivity index (χ3v) is 3.39. The van der Waals surface area contributed by atoms with E-state index >= 15 is 0 Å². The maximum absolute atomic E-state index is 5.51. The number of anilines is 1. The minimum absolute atomic E-state index is 0.412. The molecule has 0 unspecified atom stereocenters. The second-order valence-electron chi connectivity index (χ2n) is 5.15. The zero-order chi connectivity index (χ0) is 16.1. The van der Waals surface area contributed by atoms with Crippen LogP contribution < -0.4 is 27.1 Å². The fraction of sp³-hybridized carbons (Fsp3) is 0.0588. The van der Waals surface area contributed by atoms with Crippen molar-refractivity contribution < 1.29 is 4.98 Å². The number of H-pyrrole nitrogens is 1. The summed E-state index contributed by atoms with van der Waals surface area (Å²) in [4.78, 5) is 7.67. The zero-order valence-corrected chi connectivity index (χ0v) is 12.8. The van der Waals surface area contributed by atoms with Crippen LogP contribution in [0.25, 0.3) is 10.9 Å². The van der Waals surface area contributed by atoms with E-state index < -0.39 is 0 Å². The number of hydrazine groups is 2. The zero-order valence-electron chi connectivity index (χ0n) is 12.8. The molecule has 0 saturated carbocycles. The van der Waals surface area contributed by atoms with Gasteiger partial charge in [-0.15, -0.1) is 0 Å². The predicted octanol–water partition coefficient (Wildman–Crippen LogP) is 2.03. The molecule has 23 heavy (non-hydrogen) atoms. The fourth-order valence-electron chi connectivity index (χ4n) is 2.16. The van der Waals surface area contributed by atoms with Crippen molar-refractivity contribution in [1.29, 1.82) is 0 Å². The first kappa shape index (κ1) is 14.8. The lowest BCUT2D eigenvalue weighted by Gasteiger charge is -2.06. The molecule has 116 valence electrons. The molecule has 3 rings (SSSR count). The molecule has 0 spiro atoms. The van der Waals surface area contributed by atoms with E-state index in [1.165, 1.54) is 5.56 Å². The molecule has 2 aromatic carbocycles. The van der Waals surface area contributed by atoms with Crippen molar-refractivity contribution in [2.24, 2.45) is 10.8 Å². The fourth-order valence-corrected chi connectivity index (χ4v) is 2.16. The molecule has 0 amide bonds. The molecule has 6 nitrogen and oxygen atoms in total. The summed E-state index contributed by atoms with van der Waals surface area (Å²) < 4.78 is 0. The predicted molar refractivity (Wildman–Crippen MR) is 92.9 cm³/mol. The number of fused-ring (bicyclic) bond motifs is 1. The van der Waals surface area contributed by atoms with Crippen LogP contribution in [0.1, 0.15) is 5.56 Å². The van der Waals surface area contributed by atoms with Crippen molar-refractivity contribution in [3.8, 4) is 0 Å². The van der Waals surface area contributed by atoms with E-state index in [-0.39, 0.29) is 0 Å². The van der Waals surface area contributed by atoms with Gasteiger partial charge in [0, 0.05) is 11.5 Å². The van der Waals surface area contributed by atoms with Gasteiger partial charge in [0.2, 0.25) is 5.96 Å². The Labute approximate surface area is 134 Å². The molecule has 1 heterocycles. The van der Waals surface area contributed by atoms with Gasteiger partial charge in [-0.1, -0.05) is 35.9 Å². The maximum atomic E-state index is 5.51. The summed E-state index contributed by atoms with van der Waals surface area (Å²) >= 11 is 0. The molecular formula is C17H19N6+. The van der Waals surface area contributed by atoms with Gasteiger partial charge in [0.15, 0.2) is 0 Å². The van der Waals surface area contributed by atoms with Crippen LogP contribution in [0.2, 0.25) is 0 Å². The molecule has 6 N–H and O–H groups in total. The lowest BCUT2D eigenvalue weighted by molar-refractivity contribution is -0.327. The van der Waals surface area contributed by atoms with E-state index in [0.717, 1.165) is 22.4 Å². The standard InChI is InChI=1S/C17H18N6/c1-12-6-9-14(10-7-12)19-17(21-18)23-22-16-11-8-13-4-2-3-5-15(13)20-16/h2-11H,18H2,1H3,(H,20,22)(H2,19,21,23)/p+1. The Morgan fingerprint density at radius 2 is 1.78 bits per heavy atom. The maximum Gasteiger partial charge on any atom is 0.296 e. The van der Waals surface area contributed by atoms with Crippen LogP contribution in [0.15, 0.2) is 65.7 Å². The number of aryl methyl sites for hydroxylation is 1. The molecular weight excluding hydrogens is 288 g/mol. The average molecular weight is 307 g/mol. The number of nitrogens with two attached hydrogens (primary N) is 1. The second-order valence-corrected chi connectivity index (χ2v) is 5.15. The van der Waals surface area contributed by atoms with Crippen LogP contribution in [0.5, 0.6) is 0 Å². The molecule has 3 aromatic rings. The van der Waals surface area contributed by atoms with Gasteiger partial charge in [-0.2, -0.15) is 10.9 Å². The van der Waals surface area contributed by atoms with Gasteiger partial charge < -0.3 is 0 Å². The molecule has 0 fully saturated rings. The third kappa shape index (κ3) is 3.75. The lowest BCUT2D eigenvalue weighted by atomic mass is 10.2. The largest absolute Gasteiger partial charge is 0.296 e. The summed E-state index contributed by atoms with van der Waals surface area (Å²) in [6, 6.07) is 19.9. The summed E-state index contributed by atoms with van der Waals surface area (Å²) in [5, 5.41) is 1.14. The first-order chi connectivity index (χ1) is 11.2. The monoisotopic (exact) mass is 307 g/mol. The Kier molecular flexibility index (Phi) is 4.35. The van der Waals surface area contributed by atoms with Crippen LogP contribution in [0.4, 0.5) is 11.5 Å². The first-order valence-electron chi connectivity index (χ1n) is 7.30. The molecule has 0 atom stereocenters. The minimum Gasteiger partial charge on any atom is -0.292 e. The Bertz CT molecular complexity index is 826. The number of aromatic nitrogens is 1. The number of nitrogens with zero attached hydrogens (tertiary/aromatic N) is 1. The van der Waals surface area contributed by atoms with E-state index in [1.54, 1.807) is 0 Å². The molecule has 1 aromatic heterocycles. The van der Waals surface area contributed by atoms with Crippen molar-refractivity contribution in [3.63, 3.8) is 0 Å². The van der Waals surface area contributed by atoms with Crippen molar-refractivity contribution in [2.75, 3.05) is 5.43 Å². The highest BCUT2D eigenvalue weighted by atomic mass is 15.5. The van der Waals surface area contributed by atoms with E-state index in [4.69, 9.17) is 5.84 Å². The highest BCUT2D eigenvalue weighted by Gasteiger charge is 2.05. The van der Waals surface area contributed by atoms with Crippen LogP contribution in [0, 0.1) is 6.92 Å². The van der Waals surface area contributed by atoms with Gasteiger partial charge in [0.05, 0.1) is 5.69 Å². The number of aliphatic imine (C=N–C) groups is 1. The molecule has 0 bridgehead atoms. The number of hydrogen-bond acceptors (Lipinski definition) is 3. The van der Waals surface area contributed by atoms with Crippen molar-refractivity contribution >= 4 is 28.4 Å². The Morgan fingerprint density at radius 1 is 1.00 bits per heavy atom. The van der Waals surface area contributed by atoms with Crippen LogP contribution >= 0.6 is 0 Å². The van der Waals surface area contributed by atoms with Crippen LogP contribution in [-0.4, -0.2) is 5.96 Å². The van der Waals surface area contributed by atoms with Crippen molar-refractivity contribution in [1.82, 2.24) is 10.9 Å². The molecule has 0 aliphatic heterocycles. The van der Waals surface area contributed by atoms with E-state index in [2.05, 4.69) is 32.3 Å². The van der Waals surface area contributed by atoms with Crippen LogP contribution in [-0.2, 0) is 0 Å². The molecule has 0 saturated heterocycles. The first-order valence-corrected chi connectivity index (χ1v) is 7.30. The Balaban J connectivity index is 1.72. The van der Waals surface area contributed by atoms with E-state index in [9.17, 15) is 0 Å². The number of hydrogen-bond donors (Lipinski definition) is 4. The summed E-state index contributed by atoms with van der Waals surface area (Å²) in [5.74, 6) is 6.73. The number of para-hydroxylation sites is 1. The summed E-state index contributed by atoms with van der Waals surface area (Å²) in [5.41, 5.74) is 11.5. The lowest BCUT2D eigenvalue weighted by Crippen LogP contribution is -2.44. The van der Waals surface area contributed by atoms with E-state index in [0.29, 0.717) is 5.96 Å². The quantitative estimate of drug-likeness (QED) is 0.258. The second kappa shape index (κ2) is 6.76. The average Bonchev–Trinajstić information content (AvgIpc) is 2.60. The van der Waals surface area contributed by atoms with Gasteiger partial charge in [0.1, 0.15) is 5.52 Å². The van der Waals surface area contributed by atoms with Gasteiger partial charge in [-0.3, -0.25) is 5.43 Å². The smallest absolute Gasteiger partial charge is 0.292 e. The highest BCUT2D eigenvalue weighted by molar-refractivity contribution is 5.83. The molecule has 0 aliphatic rings. The topological polar surface area (TPSA) is 88.6 Å². The number of rotatable bonds is 3. The normalized spacial score (nSPS) is 11.3. The SMILES string of the molecule is Cc1ccc(N=C(NN)NNc2ccc3ccccc3[nH+]2)cc1. The number of nitrogens with one attached hydrogen (secondary N) is 4. The van der Waals surface area contributed by atoms with Gasteiger partial charge in [-0.25, -0.2) is 15.8 Å². The minimum atomic E-state index is 0.412. The number of benzene rings is 2. The molecule has 0 radical (unpaired) electrons. The number of guanidine groups is 1. The Hall–Kier alpha value is -3.12. The highest BCUT2D eigenvalue weighted by Crippen LogP contribution is 2.12. The van der Waals surface area contributed by atoms with Crippen molar-refractivity contribution in [3.05, 3.63) is 66.2 Å².